The Bertz CT molecular complexity index is 287. The van der Waals surface area contributed by atoms with Gasteiger partial charge in [0, 0.05) is 13.0 Å². The van der Waals surface area contributed by atoms with E-state index in [0.717, 1.165) is 0 Å². The largest absolute Gasteiger partial charge is 0.468 e. The van der Waals surface area contributed by atoms with Crippen LogP contribution in [0.15, 0.2) is 10.9 Å². The van der Waals surface area contributed by atoms with Crippen LogP contribution in [0.25, 0.3) is 0 Å². The fourth-order valence-corrected chi connectivity index (χ4v) is 1.20. The van der Waals surface area contributed by atoms with Crippen LogP contribution in [0.2, 0.25) is 0 Å². The second-order valence-corrected chi connectivity index (χ2v) is 3.04. The van der Waals surface area contributed by atoms with Gasteiger partial charge < -0.3 is 14.6 Å². The van der Waals surface area contributed by atoms with Gasteiger partial charge in [0.15, 0.2) is 5.82 Å². The zero-order chi connectivity index (χ0) is 11.1. The van der Waals surface area contributed by atoms with Crippen molar-refractivity contribution in [2.75, 3.05) is 13.7 Å². The zero-order valence-corrected chi connectivity index (χ0v) is 8.90. The summed E-state index contributed by atoms with van der Waals surface area (Å²) in [5, 5.41) is 6.72. The molecule has 0 radical (unpaired) electrons. The first-order chi connectivity index (χ1) is 7.27. The lowest BCUT2D eigenvalue weighted by Crippen LogP contribution is -2.38. The van der Waals surface area contributed by atoms with E-state index in [1.807, 2.05) is 6.92 Å². The number of rotatable bonds is 6. The summed E-state index contributed by atoms with van der Waals surface area (Å²) in [7, 11) is 1.38. The Morgan fingerprint density at radius 3 is 3.07 bits per heavy atom. The maximum atomic E-state index is 11.2. The molecule has 1 aromatic rings. The fraction of sp³-hybridized carbons (Fsp3) is 0.667. The van der Waals surface area contributed by atoms with Crippen LogP contribution in [0.4, 0.5) is 0 Å². The summed E-state index contributed by atoms with van der Waals surface area (Å²) in [6.45, 7) is 2.54. The molecule has 0 fully saturated rings. The van der Waals surface area contributed by atoms with Crippen LogP contribution >= 0.6 is 0 Å². The summed E-state index contributed by atoms with van der Waals surface area (Å²) in [5.41, 5.74) is 0. The first-order valence-electron chi connectivity index (χ1n) is 4.84. The van der Waals surface area contributed by atoms with E-state index in [0.29, 0.717) is 25.2 Å². The molecule has 1 heterocycles. The third-order valence-corrected chi connectivity index (χ3v) is 2.04. The van der Waals surface area contributed by atoms with E-state index in [1.165, 1.54) is 13.5 Å². The second kappa shape index (κ2) is 6.13. The molecule has 0 aromatic carbocycles. The highest BCUT2D eigenvalue weighted by Crippen LogP contribution is 1.95. The summed E-state index contributed by atoms with van der Waals surface area (Å²) in [6, 6.07) is -0.262. The van der Waals surface area contributed by atoms with Gasteiger partial charge in [-0.15, -0.1) is 0 Å². The van der Waals surface area contributed by atoms with Crippen molar-refractivity contribution in [3.05, 3.63) is 12.2 Å². The van der Waals surface area contributed by atoms with E-state index in [1.54, 1.807) is 0 Å². The number of ether oxygens (including phenoxy) is 1. The first-order valence-corrected chi connectivity index (χ1v) is 4.84. The van der Waals surface area contributed by atoms with Crippen molar-refractivity contribution in [3.63, 3.8) is 0 Å². The lowest BCUT2D eigenvalue weighted by molar-refractivity contribution is -0.143. The predicted octanol–water partition coefficient (Wildman–Crippen LogP) is 0.153. The third kappa shape index (κ3) is 3.67. The molecule has 0 aliphatic heterocycles. The maximum absolute atomic E-state index is 11.2. The molecule has 6 nitrogen and oxygen atoms in total. The average molecular weight is 213 g/mol. The molecule has 0 aliphatic carbocycles. The van der Waals surface area contributed by atoms with E-state index < -0.39 is 0 Å². The molecule has 0 saturated heterocycles. The highest BCUT2D eigenvalue weighted by Gasteiger charge is 2.15. The van der Waals surface area contributed by atoms with Crippen LogP contribution in [0.5, 0.6) is 0 Å². The Morgan fingerprint density at radius 1 is 1.73 bits per heavy atom. The van der Waals surface area contributed by atoms with Gasteiger partial charge in [0.2, 0.25) is 6.39 Å². The topological polar surface area (TPSA) is 77.3 Å². The number of hydrogen-bond acceptors (Lipinski definition) is 6. The molecule has 1 N–H and O–H groups in total. The Balaban J connectivity index is 2.26. The average Bonchev–Trinajstić information content (AvgIpc) is 2.76. The molecule has 0 bridgehead atoms. The lowest BCUT2D eigenvalue weighted by atomic mass is 10.2. The fourth-order valence-electron chi connectivity index (χ4n) is 1.20. The van der Waals surface area contributed by atoms with E-state index in [-0.39, 0.29) is 12.0 Å². The Morgan fingerprint density at radius 2 is 2.53 bits per heavy atom. The molecule has 0 spiro atoms. The van der Waals surface area contributed by atoms with Gasteiger partial charge in [0.05, 0.1) is 7.11 Å². The molecule has 1 rings (SSSR count). The van der Waals surface area contributed by atoms with E-state index in [9.17, 15) is 4.79 Å². The molecule has 0 aliphatic rings. The summed E-state index contributed by atoms with van der Waals surface area (Å²) in [6.07, 6.45) is 2.61. The molecule has 84 valence electrons. The number of esters is 1. The van der Waals surface area contributed by atoms with Crippen LogP contribution in [-0.2, 0) is 16.0 Å². The Kier molecular flexibility index (Phi) is 4.76. The highest BCUT2D eigenvalue weighted by molar-refractivity contribution is 5.75. The minimum Gasteiger partial charge on any atom is -0.468 e. The first kappa shape index (κ1) is 11.6. The maximum Gasteiger partial charge on any atom is 0.322 e. The quantitative estimate of drug-likeness (QED) is 0.678. The van der Waals surface area contributed by atoms with Gasteiger partial charge in [-0.3, -0.25) is 4.79 Å². The molecule has 15 heavy (non-hydrogen) atoms. The minimum atomic E-state index is -0.262. The van der Waals surface area contributed by atoms with Crippen molar-refractivity contribution >= 4 is 5.97 Å². The Hall–Kier alpha value is -1.43. The normalized spacial score (nSPS) is 12.4. The zero-order valence-electron chi connectivity index (χ0n) is 8.90. The number of nitrogens with zero attached hydrogens (tertiary/aromatic N) is 2. The molecule has 6 heteroatoms. The van der Waals surface area contributed by atoms with Gasteiger partial charge in [0.1, 0.15) is 6.04 Å². The van der Waals surface area contributed by atoms with Crippen molar-refractivity contribution in [1.29, 1.82) is 0 Å². The van der Waals surface area contributed by atoms with Gasteiger partial charge in [-0.05, 0) is 6.42 Å². The molecule has 1 atom stereocenters. The summed E-state index contributed by atoms with van der Waals surface area (Å²) >= 11 is 0. The molecule has 1 unspecified atom stereocenters. The van der Waals surface area contributed by atoms with Gasteiger partial charge in [-0.1, -0.05) is 12.1 Å². The number of hydrogen-bond donors (Lipinski definition) is 1. The van der Waals surface area contributed by atoms with Gasteiger partial charge in [-0.25, -0.2) is 0 Å². The van der Waals surface area contributed by atoms with Gasteiger partial charge >= 0.3 is 5.97 Å². The minimum absolute atomic E-state index is 0.245. The van der Waals surface area contributed by atoms with E-state index in [4.69, 9.17) is 0 Å². The monoisotopic (exact) mass is 213 g/mol. The molecule has 1 aromatic heterocycles. The van der Waals surface area contributed by atoms with E-state index in [2.05, 4.69) is 24.7 Å². The van der Waals surface area contributed by atoms with Crippen LogP contribution in [-0.4, -0.2) is 35.8 Å². The van der Waals surface area contributed by atoms with E-state index >= 15 is 0 Å². The van der Waals surface area contributed by atoms with Crippen molar-refractivity contribution in [2.45, 2.75) is 25.8 Å². The van der Waals surface area contributed by atoms with Crippen molar-refractivity contribution in [1.82, 2.24) is 15.5 Å². The van der Waals surface area contributed by atoms with Crippen molar-refractivity contribution in [2.24, 2.45) is 0 Å². The van der Waals surface area contributed by atoms with Crippen LogP contribution in [0.3, 0.4) is 0 Å². The van der Waals surface area contributed by atoms with Crippen LogP contribution < -0.4 is 5.32 Å². The van der Waals surface area contributed by atoms with Crippen LogP contribution in [0.1, 0.15) is 19.2 Å². The number of methoxy groups -OCH3 is 1. The molecule has 0 amide bonds. The molecular formula is C9H15N3O3. The third-order valence-electron chi connectivity index (χ3n) is 2.04. The molecule has 0 saturated carbocycles. The highest BCUT2D eigenvalue weighted by atomic mass is 16.5. The second-order valence-electron chi connectivity index (χ2n) is 3.04. The summed E-state index contributed by atoms with van der Waals surface area (Å²) in [5.74, 6) is 0.382. The summed E-state index contributed by atoms with van der Waals surface area (Å²) in [4.78, 5) is 15.1. The van der Waals surface area contributed by atoms with Crippen molar-refractivity contribution < 1.29 is 14.1 Å². The van der Waals surface area contributed by atoms with Gasteiger partial charge in [-0.2, -0.15) is 4.98 Å². The predicted molar refractivity (Wildman–Crippen MR) is 52.1 cm³/mol. The number of carbonyl (C=O) groups is 1. The smallest absolute Gasteiger partial charge is 0.322 e. The lowest BCUT2D eigenvalue weighted by Gasteiger charge is -2.13. The van der Waals surface area contributed by atoms with Crippen molar-refractivity contribution in [3.8, 4) is 0 Å². The number of aromatic nitrogens is 2. The number of carbonyl (C=O) groups excluding carboxylic acids is 1. The summed E-state index contributed by atoms with van der Waals surface area (Å²) < 4.78 is 9.23. The Labute approximate surface area is 88.0 Å². The SMILES string of the molecule is CCC(NCCc1ncon1)C(=O)OC. The van der Waals surface area contributed by atoms with Crippen LogP contribution in [0, 0.1) is 0 Å². The standard InChI is InChI=1S/C9H15N3O3/c1-3-7(9(13)14-2)10-5-4-8-11-6-15-12-8/h6-7,10H,3-5H2,1-2H3. The number of nitrogens with one attached hydrogen (secondary N) is 1. The van der Waals surface area contributed by atoms with Gasteiger partial charge in [0.25, 0.3) is 0 Å². The molecular weight excluding hydrogens is 198 g/mol.